The summed E-state index contributed by atoms with van der Waals surface area (Å²) in [5, 5.41) is 0.348. The molecule has 0 bridgehead atoms. The first-order valence-corrected chi connectivity index (χ1v) is 14.4. The van der Waals surface area contributed by atoms with E-state index >= 15 is 0 Å². The molecule has 0 fully saturated rings. The van der Waals surface area contributed by atoms with Gasteiger partial charge in [-0.15, -0.1) is 0 Å². The molecule has 4 nitrogen and oxygen atoms in total. The molecule has 0 N–H and O–H groups in total. The molecule has 0 saturated carbocycles. The van der Waals surface area contributed by atoms with E-state index in [-0.39, 0.29) is 5.75 Å². The predicted molar refractivity (Wildman–Crippen MR) is 146 cm³/mol. The molecule has 0 radical (unpaired) electrons. The molecule has 0 saturated heterocycles. The first-order chi connectivity index (χ1) is 16.9. The maximum Gasteiger partial charge on any atom is 0.328 e. The number of carbonyl (C=O) groups is 2. The molecule has 0 aliphatic carbocycles. The van der Waals surface area contributed by atoms with Gasteiger partial charge in [0.1, 0.15) is 5.75 Å². The number of halogens is 1. The van der Waals surface area contributed by atoms with Crippen molar-refractivity contribution in [1.82, 2.24) is 0 Å². The largest absolute Gasteiger partial charge is 0.465 e. The Morgan fingerprint density at radius 3 is 1.71 bits per heavy atom. The Labute approximate surface area is 219 Å². The van der Waals surface area contributed by atoms with Crippen LogP contribution in [0.2, 0.25) is 5.02 Å². The lowest BCUT2D eigenvalue weighted by atomic mass is 9.82. The lowest BCUT2D eigenvalue weighted by Gasteiger charge is -2.27. The highest BCUT2D eigenvalue weighted by Crippen LogP contribution is 2.33. The molecule has 1 aromatic carbocycles. The molecular formula is C30H49ClO4. The van der Waals surface area contributed by atoms with Gasteiger partial charge in [0.15, 0.2) is 5.41 Å². The van der Waals surface area contributed by atoms with Gasteiger partial charge in [-0.05, 0) is 43.9 Å². The van der Waals surface area contributed by atoms with Gasteiger partial charge < -0.3 is 9.47 Å². The van der Waals surface area contributed by atoms with E-state index in [0.717, 1.165) is 24.8 Å². The number of aryl methyl sites for hydroxylation is 1. The molecule has 1 rings (SSSR count). The van der Waals surface area contributed by atoms with E-state index in [9.17, 15) is 9.59 Å². The van der Waals surface area contributed by atoms with E-state index in [0.29, 0.717) is 24.5 Å². The minimum absolute atomic E-state index is 0.280. The standard InChI is InChI=1S/C30H49ClO4/c1-5-8-9-10-11-12-13-14-15-16-17-18-19-20-23-34-28(32)30(6-2,7-3)29(33)35-27-24-25(4)21-22-26(27)31/h21-22,24H,5-20,23H2,1-4H3. The van der Waals surface area contributed by atoms with Gasteiger partial charge in [-0.25, -0.2) is 0 Å². The third kappa shape index (κ3) is 11.8. The highest BCUT2D eigenvalue weighted by Gasteiger charge is 2.46. The quantitative estimate of drug-likeness (QED) is 0.0761. The highest BCUT2D eigenvalue weighted by atomic mass is 35.5. The second kappa shape index (κ2) is 18.7. The maximum absolute atomic E-state index is 13.0. The fourth-order valence-electron chi connectivity index (χ4n) is 4.40. The number of benzene rings is 1. The first-order valence-electron chi connectivity index (χ1n) is 14.1. The fourth-order valence-corrected chi connectivity index (χ4v) is 4.55. The summed E-state index contributed by atoms with van der Waals surface area (Å²) in [5.74, 6) is -0.811. The molecule has 0 spiro atoms. The van der Waals surface area contributed by atoms with Crippen molar-refractivity contribution in [3.8, 4) is 5.75 Å². The molecule has 1 aromatic rings. The number of hydrogen-bond donors (Lipinski definition) is 0. The summed E-state index contributed by atoms with van der Waals surface area (Å²) in [6, 6.07) is 5.24. The average molecular weight is 509 g/mol. The van der Waals surface area contributed by atoms with E-state index in [1.165, 1.54) is 70.6 Å². The van der Waals surface area contributed by atoms with Crippen molar-refractivity contribution in [2.45, 2.75) is 130 Å². The van der Waals surface area contributed by atoms with Crippen molar-refractivity contribution in [2.24, 2.45) is 5.41 Å². The van der Waals surface area contributed by atoms with Crippen LogP contribution in [0.25, 0.3) is 0 Å². The van der Waals surface area contributed by atoms with Crippen molar-refractivity contribution in [1.29, 1.82) is 0 Å². The van der Waals surface area contributed by atoms with Gasteiger partial charge in [0.05, 0.1) is 11.6 Å². The van der Waals surface area contributed by atoms with Gasteiger partial charge in [0.2, 0.25) is 0 Å². The van der Waals surface area contributed by atoms with E-state index in [2.05, 4.69) is 6.92 Å². The van der Waals surface area contributed by atoms with Gasteiger partial charge in [-0.2, -0.15) is 0 Å². The van der Waals surface area contributed by atoms with Crippen LogP contribution < -0.4 is 4.74 Å². The van der Waals surface area contributed by atoms with E-state index in [4.69, 9.17) is 21.1 Å². The van der Waals surface area contributed by atoms with Gasteiger partial charge in [0.25, 0.3) is 0 Å². The second-order valence-electron chi connectivity index (χ2n) is 9.84. The number of hydrogen-bond acceptors (Lipinski definition) is 4. The minimum atomic E-state index is -1.30. The number of esters is 2. The van der Waals surface area contributed by atoms with E-state index < -0.39 is 17.4 Å². The summed E-state index contributed by atoms with van der Waals surface area (Å²) in [4.78, 5) is 25.9. The Balaban J connectivity index is 2.24. The second-order valence-corrected chi connectivity index (χ2v) is 10.3. The van der Waals surface area contributed by atoms with E-state index in [1.54, 1.807) is 12.1 Å². The maximum atomic E-state index is 13.0. The molecule has 0 aromatic heterocycles. The van der Waals surface area contributed by atoms with Crippen molar-refractivity contribution in [3.05, 3.63) is 28.8 Å². The van der Waals surface area contributed by atoms with Crippen LogP contribution in [-0.4, -0.2) is 18.5 Å². The summed E-state index contributed by atoms with van der Waals surface area (Å²) >= 11 is 6.17. The molecule has 0 unspecified atom stereocenters. The average Bonchev–Trinajstić information content (AvgIpc) is 2.85. The fraction of sp³-hybridized carbons (Fsp3) is 0.733. The predicted octanol–water partition coefficient (Wildman–Crippen LogP) is 9.38. The van der Waals surface area contributed by atoms with Crippen LogP contribution in [-0.2, 0) is 14.3 Å². The van der Waals surface area contributed by atoms with Crippen LogP contribution in [0.3, 0.4) is 0 Å². The molecule has 0 heterocycles. The van der Waals surface area contributed by atoms with Crippen molar-refractivity contribution < 1.29 is 19.1 Å². The van der Waals surface area contributed by atoms with Crippen LogP contribution in [0, 0.1) is 12.3 Å². The Hall–Kier alpha value is -1.55. The Morgan fingerprint density at radius 2 is 1.23 bits per heavy atom. The van der Waals surface area contributed by atoms with Crippen LogP contribution in [0.1, 0.15) is 129 Å². The van der Waals surface area contributed by atoms with Crippen molar-refractivity contribution >= 4 is 23.5 Å². The van der Waals surface area contributed by atoms with Crippen molar-refractivity contribution in [2.75, 3.05) is 6.61 Å². The van der Waals surface area contributed by atoms with Gasteiger partial charge >= 0.3 is 11.9 Å². The molecule has 0 atom stereocenters. The monoisotopic (exact) mass is 508 g/mol. The van der Waals surface area contributed by atoms with Gasteiger partial charge in [-0.1, -0.05) is 122 Å². The zero-order chi connectivity index (χ0) is 25.9. The Bertz CT molecular complexity index is 727. The lowest BCUT2D eigenvalue weighted by molar-refractivity contribution is -0.168. The molecule has 200 valence electrons. The lowest BCUT2D eigenvalue weighted by Crippen LogP contribution is -2.42. The number of carbonyl (C=O) groups excluding carboxylic acids is 2. The zero-order valence-corrected chi connectivity index (χ0v) is 23.5. The third-order valence-electron chi connectivity index (χ3n) is 7.01. The summed E-state index contributed by atoms with van der Waals surface area (Å²) in [7, 11) is 0. The Morgan fingerprint density at radius 1 is 0.743 bits per heavy atom. The summed E-state index contributed by atoms with van der Waals surface area (Å²) < 4.78 is 11.1. The minimum Gasteiger partial charge on any atom is -0.465 e. The molecule has 35 heavy (non-hydrogen) atoms. The molecule has 0 aliphatic rings. The normalized spacial score (nSPS) is 11.5. The van der Waals surface area contributed by atoms with Crippen LogP contribution in [0.15, 0.2) is 18.2 Å². The Kier molecular flexibility index (Phi) is 16.8. The van der Waals surface area contributed by atoms with Gasteiger partial charge in [-0.3, -0.25) is 9.59 Å². The third-order valence-corrected chi connectivity index (χ3v) is 7.32. The summed E-state index contributed by atoms with van der Waals surface area (Å²) in [5.41, 5.74) is -0.375. The SMILES string of the molecule is CCCCCCCCCCCCCCCCOC(=O)C(CC)(CC)C(=O)Oc1cc(C)ccc1Cl. The van der Waals surface area contributed by atoms with E-state index in [1.807, 2.05) is 26.8 Å². The highest BCUT2D eigenvalue weighted by molar-refractivity contribution is 6.32. The molecule has 5 heteroatoms. The summed E-state index contributed by atoms with van der Waals surface area (Å²) in [6.45, 7) is 8.13. The smallest absolute Gasteiger partial charge is 0.328 e. The topological polar surface area (TPSA) is 52.6 Å². The van der Waals surface area contributed by atoms with Crippen LogP contribution >= 0.6 is 11.6 Å². The first kappa shape index (κ1) is 31.5. The molecular weight excluding hydrogens is 460 g/mol. The van der Waals surface area contributed by atoms with Gasteiger partial charge in [0, 0.05) is 0 Å². The summed E-state index contributed by atoms with van der Waals surface area (Å²) in [6.07, 6.45) is 18.5. The molecule has 0 aliphatic heterocycles. The number of rotatable bonds is 20. The van der Waals surface area contributed by atoms with Crippen molar-refractivity contribution in [3.63, 3.8) is 0 Å². The number of unbranched alkanes of at least 4 members (excludes halogenated alkanes) is 13. The van der Waals surface area contributed by atoms with Crippen LogP contribution in [0.4, 0.5) is 0 Å². The molecule has 0 amide bonds. The van der Waals surface area contributed by atoms with Crippen LogP contribution in [0.5, 0.6) is 5.75 Å². The zero-order valence-electron chi connectivity index (χ0n) is 22.8. The number of ether oxygens (including phenoxy) is 2.